The number of hydrogen-bond donors (Lipinski definition) is 2. The summed E-state index contributed by atoms with van der Waals surface area (Å²) in [5.74, 6) is -1.75. The van der Waals surface area contributed by atoms with Crippen LogP contribution in [0, 0.1) is 0 Å². The third kappa shape index (κ3) is 1.92. The molecule has 1 aliphatic rings. The van der Waals surface area contributed by atoms with Crippen molar-refractivity contribution in [3.05, 3.63) is 59.2 Å². The third-order valence-electron chi connectivity index (χ3n) is 3.18. The number of benzene rings is 2. The molecule has 0 aromatic heterocycles. The average molecular weight is 286 g/mol. The molecule has 0 spiro atoms. The summed E-state index contributed by atoms with van der Waals surface area (Å²) >= 11 is 1.30. The Bertz CT molecular complexity index is 724. The Kier molecular flexibility index (Phi) is 3.08. The zero-order chi connectivity index (χ0) is 14.3. The number of fused-ring (bicyclic) bond motifs is 2. The van der Waals surface area contributed by atoms with Crippen LogP contribution >= 0.6 is 11.8 Å². The van der Waals surface area contributed by atoms with Crippen molar-refractivity contribution in [2.75, 3.05) is 0 Å². The fraction of sp³-hybridized carbons (Fsp3) is 0.0667. The Morgan fingerprint density at radius 1 is 1.05 bits per heavy atom. The van der Waals surface area contributed by atoms with Gasteiger partial charge in [0.15, 0.2) is 5.78 Å². The molecule has 2 N–H and O–H groups in total. The summed E-state index contributed by atoms with van der Waals surface area (Å²) < 4.78 is 0. The number of carboxylic acid groups (broad SMARTS) is 1. The van der Waals surface area contributed by atoms with Crippen molar-refractivity contribution in [1.29, 1.82) is 0 Å². The number of carbonyl (C=O) groups is 2. The van der Waals surface area contributed by atoms with Crippen LogP contribution in [0.5, 0.6) is 0 Å². The summed E-state index contributed by atoms with van der Waals surface area (Å²) in [6.45, 7) is 0. The summed E-state index contributed by atoms with van der Waals surface area (Å²) in [5.41, 5.74) is 0.510. The number of rotatable bonds is 1. The van der Waals surface area contributed by atoms with Gasteiger partial charge in [-0.2, -0.15) is 0 Å². The number of carbonyl (C=O) groups excluding carboxylic acids is 1. The Balaban J connectivity index is 2.27. The van der Waals surface area contributed by atoms with Crippen molar-refractivity contribution < 1.29 is 19.8 Å². The van der Waals surface area contributed by atoms with E-state index in [4.69, 9.17) is 0 Å². The minimum absolute atomic E-state index is 0.0770. The highest BCUT2D eigenvalue weighted by atomic mass is 32.2. The van der Waals surface area contributed by atoms with Gasteiger partial charge in [-0.1, -0.05) is 36.0 Å². The first-order valence-corrected chi connectivity index (χ1v) is 6.76. The Morgan fingerprint density at radius 3 is 2.50 bits per heavy atom. The number of hydrogen-bond acceptors (Lipinski definition) is 4. The van der Waals surface area contributed by atoms with E-state index in [2.05, 4.69) is 0 Å². The zero-order valence-electron chi connectivity index (χ0n) is 10.2. The van der Waals surface area contributed by atoms with Crippen LogP contribution in [0.3, 0.4) is 0 Å². The van der Waals surface area contributed by atoms with Gasteiger partial charge >= 0.3 is 5.97 Å². The number of aliphatic hydroxyl groups excluding tert-OH is 1. The van der Waals surface area contributed by atoms with E-state index in [1.807, 2.05) is 6.07 Å². The van der Waals surface area contributed by atoms with E-state index in [1.54, 1.807) is 30.3 Å². The molecule has 0 saturated carbocycles. The molecule has 1 aliphatic heterocycles. The number of ketones is 1. The first-order chi connectivity index (χ1) is 9.59. The highest BCUT2D eigenvalue weighted by molar-refractivity contribution is 7.99. The molecule has 20 heavy (non-hydrogen) atoms. The number of Topliss-reactive ketones (excluding diaryl/α,β-unsaturated/α-hetero) is 1. The Hall–Kier alpha value is -2.11. The largest absolute Gasteiger partial charge is 0.478 e. The lowest BCUT2D eigenvalue weighted by atomic mass is 9.96. The summed E-state index contributed by atoms with van der Waals surface area (Å²) in [6.07, 6.45) is -1.33. The predicted octanol–water partition coefficient (Wildman–Crippen LogP) is 2.77. The maximum absolute atomic E-state index is 12.4. The van der Waals surface area contributed by atoms with Gasteiger partial charge in [0, 0.05) is 20.9 Å². The van der Waals surface area contributed by atoms with Crippen LogP contribution in [0.25, 0.3) is 0 Å². The SMILES string of the molecule is O=C(O)c1cccc2c1C(=O)C(O)c1ccccc1S2. The summed E-state index contributed by atoms with van der Waals surface area (Å²) in [5, 5.41) is 19.4. The van der Waals surface area contributed by atoms with Crippen LogP contribution < -0.4 is 0 Å². The van der Waals surface area contributed by atoms with Crippen molar-refractivity contribution >= 4 is 23.5 Å². The molecular formula is C15H10O4S. The van der Waals surface area contributed by atoms with Crippen molar-refractivity contribution in [1.82, 2.24) is 0 Å². The molecule has 1 atom stereocenters. The quantitative estimate of drug-likeness (QED) is 0.843. The topological polar surface area (TPSA) is 74.6 Å². The van der Waals surface area contributed by atoms with Crippen LogP contribution in [0.4, 0.5) is 0 Å². The number of carboxylic acids is 1. The maximum Gasteiger partial charge on any atom is 0.336 e. The van der Waals surface area contributed by atoms with E-state index in [0.717, 1.165) is 4.90 Å². The van der Waals surface area contributed by atoms with Gasteiger partial charge in [-0.3, -0.25) is 4.79 Å². The van der Waals surface area contributed by atoms with Crippen LogP contribution in [-0.2, 0) is 0 Å². The van der Waals surface area contributed by atoms with Gasteiger partial charge in [-0.05, 0) is 18.2 Å². The summed E-state index contributed by atoms with van der Waals surface area (Å²) in [4.78, 5) is 25.0. The fourth-order valence-electron chi connectivity index (χ4n) is 2.24. The molecule has 0 bridgehead atoms. The van der Waals surface area contributed by atoms with Gasteiger partial charge in [0.1, 0.15) is 6.10 Å². The molecule has 3 rings (SSSR count). The van der Waals surface area contributed by atoms with E-state index >= 15 is 0 Å². The molecule has 1 unspecified atom stereocenters. The molecule has 4 nitrogen and oxygen atoms in total. The first-order valence-electron chi connectivity index (χ1n) is 5.95. The Morgan fingerprint density at radius 2 is 1.75 bits per heavy atom. The van der Waals surface area contributed by atoms with Crippen molar-refractivity contribution in [2.45, 2.75) is 15.9 Å². The maximum atomic E-state index is 12.4. The van der Waals surface area contributed by atoms with Crippen LogP contribution in [0.15, 0.2) is 52.3 Å². The average Bonchev–Trinajstić information content (AvgIpc) is 2.55. The van der Waals surface area contributed by atoms with E-state index < -0.39 is 17.9 Å². The number of aromatic carboxylic acids is 1. The van der Waals surface area contributed by atoms with Crippen LogP contribution in [0.2, 0.25) is 0 Å². The lowest BCUT2D eigenvalue weighted by molar-refractivity contribution is 0.0674. The molecule has 0 aliphatic carbocycles. The van der Waals surface area contributed by atoms with Gasteiger partial charge in [0.05, 0.1) is 5.56 Å². The summed E-state index contributed by atoms with van der Waals surface area (Å²) in [6, 6.07) is 11.7. The molecule has 1 heterocycles. The van der Waals surface area contributed by atoms with E-state index in [1.165, 1.54) is 17.8 Å². The molecule has 0 radical (unpaired) electrons. The summed E-state index contributed by atoms with van der Waals surface area (Å²) in [7, 11) is 0. The van der Waals surface area contributed by atoms with Crippen molar-refractivity contribution in [3.63, 3.8) is 0 Å². The molecule has 100 valence electrons. The predicted molar refractivity (Wildman–Crippen MR) is 73.3 cm³/mol. The lowest BCUT2D eigenvalue weighted by Crippen LogP contribution is -2.16. The molecule has 2 aromatic carbocycles. The van der Waals surface area contributed by atoms with E-state index in [-0.39, 0.29) is 11.1 Å². The molecule has 0 amide bonds. The van der Waals surface area contributed by atoms with Gasteiger partial charge in [-0.15, -0.1) is 0 Å². The third-order valence-corrected chi connectivity index (χ3v) is 4.34. The smallest absolute Gasteiger partial charge is 0.336 e. The second-order valence-corrected chi connectivity index (χ2v) is 5.47. The molecule has 0 fully saturated rings. The van der Waals surface area contributed by atoms with Gasteiger partial charge in [-0.25, -0.2) is 4.79 Å². The lowest BCUT2D eigenvalue weighted by Gasteiger charge is -2.10. The molecule has 2 aromatic rings. The monoisotopic (exact) mass is 286 g/mol. The second-order valence-electron chi connectivity index (χ2n) is 4.39. The van der Waals surface area contributed by atoms with E-state index in [0.29, 0.717) is 10.5 Å². The standard InChI is InChI=1S/C15H10O4S/c16-13-8-4-1-2-6-10(8)20-11-7-3-5-9(15(18)19)12(11)14(13)17/h1-7,13,16H,(H,18,19). The highest BCUT2D eigenvalue weighted by Crippen LogP contribution is 2.41. The van der Waals surface area contributed by atoms with E-state index in [9.17, 15) is 19.8 Å². The molecular weight excluding hydrogens is 276 g/mol. The minimum Gasteiger partial charge on any atom is -0.478 e. The zero-order valence-corrected chi connectivity index (χ0v) is 11.1. The van der Waals surface area contributed by atoms with Crippen molar-refractivity contribution in [2.24, 2.45) is 0 Å². The number of aliphatic hydroxyl groups is 1. The van der Waals surface area contributed by atoms with Gasteiger partial charge < -0.3 is 10.2 Å². The van der Waals surface area contributed by atoms with Crippen molar-refractivity contribution in [3.8, 4) is 0 Å². The normalized spacial score (nSPS) is 17.1. The second kappa shape index (κ2) is 4.77. The molecule has 5 heteroatoms. The van der Waals surface area contributed by atoms with Gasteiger partial charge in [0.2, 0.25) is 0 Å². The van der Waals surface area contributed by atoms with Gasteiger partial charge in [0.25, 0.3) is 0 Å². The molecule has 0 saturated heterocycles. The fourth-order valence-corrected chi connectivity index (χ4v) is 3.38. The Labute approximate surface area is 119 Å². The van der Waals surface area contributed by atoms with Crippen LogP contribution in [-0.4, -0.2) is 22.0 Å². The minimum atomic E-state index is -1.33. The first kappa shape index (κ1) is 12.9. The highest BCUT2D eigenvalue weighted by Gasteiger charge is 2.31. The van der Waals surface area contributed by atoms with Crippen LogP contribution in [0.1, 0.15) is 32.4 Å².